The summed E-state index contributed by atoms with van der Waals surface area (Å²) in [5.74, 6) is -0.786. The molecule has 7 heteroatoms. The Balaban J connectivity index is 1.54. The number of nitrogens with one attached hydrogen (secondary N) is 1. The second kappa shape index (κ2) is 9.92. The second-order valence-electron chi connectivity index (χ2n) is 8.26. The van der Waals surface area contributed by atoms with E-state index < -0.39 is 5.97 Å². The second-order valence-corrected chi connectivity index (χ2v) is 9.04. The zero-order valence-corrected chi connectivity index (χ0v) is 19.6. The van der Waals surface area contributed by atoms with Crippen LogP contribution in [0.2, 0.25) is 0 Å². The van der Waals surface area contributed by atoms with E-state index in [1.807, 2.05) is 24.3 Å². The molecule has 0 atom stereocenters. The summed E-state index contributed by atoms with van der Waals surface area (Å²) in [5.41, 5.74) is 6.44. The highest BCUT2D eigenvalue weighted by Gasteiger charge is 2.12. The first-order chi connectivity index (χ1) is 15.9. The number of fused-ring (bicyclic) bond motifs is 1. The molecule has 0 fully saturated rings. The topological polar surface area (TPSA) is 74.6 Å². The summed E-state index contributed by atoms with van der Waals surface area (Å²) in [6, 6.07) is 16.3. The van der Waals surface area contributed by atoms with Crippen LogP contribution in [0.5, 0.6) is 0 Å². The van der Waals surface area contributed by atoms with E-state index in [-0.39, 0.29) is 12.5 Å². The number of anilines is 1. The standard InChI is InChI=1S/C26H27N3O3S/c1-28(2)26(32)27-22-7-3-18(4-8-22)11-13-29-16-20(6-10-25(30)31)23-15-19(5-9-24(23)29)21-12-14-33-17-21/h3-5,7-9,12,14-17H,6,10-11,13H2,1-2H3,(H,27,32)(H,30,31). The van der Waals surface area contributed by atoms with Gasteiger partial charge in [0.15, 0.2) is 0 Å². The lowest BCUT2D eigenvalue weighted by Gasteiger charge is -2.12. The van der Waals surface area contributed by atoms with Crippen LogP contribution < -0.4 is 5.32 Å². The van der Waals surface area contributed by atoms with E-state index in [4.69, 9.17) is 0 Å². The van der Waals surface area contributed by atoms with Crippen LogP contribution in [0, 0.1) is 0 Å². The van der Waals surface area contributed by atoms with Gasteiger partial charge in [-0.15, -0.1) is 0 Å². The highest BCUT2D eigenvalue weighted by molar-refractivity contribution is 7.08. The molecule has 4 aromatic rings. The van der Waals surface area contributed by atoms with Crippen LogP contribution >= 0.6 is 11.3 Å². The molecule has 0 saturated heterocycles. The molecule has 0 aliphatic carbocycles. The predicted molar refractivity (Wildman–Crippen MR) is 134 cm³/mol. The zero-order valence-electron chi connectivity index (χ0n) is 18.7. The number of hydrogen-bond donors (Lipinski definition) is 2. The lowest BCUT2D eigenvalue weighted by Crippen LogP contribution is -2.27. The minimum absolute atomic E-state index is 0.113. The largest absolute Gasteiger partial charge is 0.481 e. The van der Waals surface area contributed by atoms with Crippen molar-refractivity contribution < 1.29 is 14.7 Å². The van der Waals surface area contributed by atoms with Gasteiger partial charge >= 0.3 is 12.0 Å². The first kappa shape index (κ1) is 22.6. The highest BCUT2D eigenvalue weighted by Crippen LogP contribution is 2.30. The van der Waals surface area contributed by atoms with Crippen molar-refractivity contribution in [2.24, 2.45) is 0 Å². The molecule has 2 N–H and O–H groups in total. The van der Waals surface area contributed by atoms with Gasteiger partial charge in [0.1, 0.15) is 0 Å². The number of hydrogen-bond acceptors (Lipinski definition) is 3. The molecule has 0 unspecified atom stereocenters. The summed E-state index contributed by atoms with van der Waals surface area (Å²) < 4.78 is 2.21. The Kier molecular flexibility index (Phi) is 6.79. The third kappa shape index (κ3) is 5.43. The summed E-state index contributed by atoms with van der Waals surface area (Å²) in [6.45, 7) is 0.783. The number of thiophene rings is 1. The summed E-state index contributed by atoms with van der Waals surface area (Å²) >= 11 is 1.67. The maximum atomic E-state index is 11.8. The van der Waals surface area contributed by atoms with Crippen molar-refractivity contribution in [1.29, 1.82) is 0 Å². The maximum Gasteiger partial charge on any atom is 0.321 e. The molecule has 2 heterocycles. The van der Waals surface area contributed by atoms with Gasteiger partial charge in [0.2, 0.25) is 0 Å². The van der Waals surface area contributed by atoms with E-state index in [0.29, 0.717) is 6.42 Å². The molecular formula is C26H27N3O3S. The van der Waals surface area contributed by atoms with Crippen molar-refractivity contribution in [1.82, 2.24) is 9.47 Å². The van der Waals surface area contributed by atoms with Gasteiger partial charge < -0.3 is 19.9 Å². The van der Waals surface area contributed by atoms with E-state index in [9.17, 15) is 14.7 Å². The van der Waals surface area contributed by atoms with E-state index >= 15 is 0 Å². The maximum absolute atomic E-state index is 11.8. The molecule has 2 aromatic carbocycles. The molecule has 0 radical (unpaired) electrons. The van der Waals surface area contributed by atoms with Crippen LogP contribution in [0.25, 0.3) is 22.0 Å². The number of urea groups is 1. The molecule has 2 amide bonds. The van der Waals surface area contributed by atoms with Gasteiger partial charge in [-0.2, -0.15) is 11.3 Å². The van der Waals surface area contributed by atoms with Crippen molar-refractivity contribution in [3.63, 3.8) is 0 Å². The number of amides is 2. The Morgan fingerprint density at radius 2 is 1.82 bits per heavy atom. The van der Waals surface area contributed by atoms with Crippen LogP contribution in [-0.4, -0.2) is 40.7 Å². The first-order valence-electron chi connectivity index (χ1n) is 10.8. The summed E-state index contributed by atoms with van der Waals surface area (Å²) in [4.78, 5) is 24.5. The Labute approximate surface area is 197 Å². The minimum Gasteiger partial charge on any atom is -0.481 e. The van der Waals surface area contributed by atoms with Crippen LogP contribution in [0.1, 0.15) is 17.5 Å². The van der Waals surface area contributed by atoms with Gasteiger partial charge in [-0.3, -0.25) is 4.79 Å². The number of carbonyl (C=O) groups is 2. The van der Waals surface area contributed by atoms with Crippen LogP contribution in [0.3, 0.4) is 0 Å². The van der Waals surface area contributed by atoms with Gasteiger partial charge in [-0.1, -0.05) is 18.2 Å². The minimum atomic E-state index is -0.786. The molecule has 0 aliphatic rings. The summed E-state index contributed by atoms with van der Waals surface area (Å²) in [5, 5.41) is 17.3. The third-order valence-corrected chi connectivity index (χ3v) is 6.36. The number of aryl methyl sites for hydroxylation is 3. The van der Waals surface area contributed by atoms with Crippen molar-refractivity contribution in [3.8, 4) is 11.1 Å². The molecule has 33 heavy (non-hydrogen) atoms. The molecular weight excluding hydrogens is 434 g/mol. The fourth-order valence-electron chi connectivity index (χ4n) is 3.84. The van der Waals surface area contributed by atoms with Gasteiger partial charge in [0, 0.05) is 49.8 Å². The Bertz CT molecular complexity index is 1260. The number of benzene rings is 2. The summed E-state index contributed by atoms with van der Waals surface area (Å²) in [7, 11) is 3.41. The Morgan fingerprint density at radius 1 is 1.03 bits per heavy atom. The lowest BCUT2D eigenvalue weighted by molar-refractivity contribution is -0.136. The number of aromatic nitrogens is 1. The van der Waals surface area contributed by atoms with Gasteiger partial charge in [0.25, 0.3) is 0 Å². The van der Waals surface area contributed by atoms with Crippen LogP contribution in [0.15, 0.2) is 65.5 Å². The number of carboxylic acid groups (broad SMARTS) is 1. The fraction of sp³-hybridized carbons (Fsp3) is 0.231. The molecule has 2 aromatic heterocycles. The normalized spacial score (nSPS) is 11.0. The number of rotatable bonds is 8. The smallest absolute Gasteiger partial charge is 0.321 e. The highest BCUT2D eigenvalue weighted by atomic mass is 32.1. The van der Waals surface area contributed by atoms with E-state index in [2.05, 4.69) is 51.1 Å². The number of aliphatic carboxylic acids is 1. The molecule has 0 bridgehead atoms. The van der Waals surface area contributed by atoms with Crippen molar-refractivity contribution >= 4 is 39.9 Å². The lowest BCUT2D eigenvalue weighted by atomic mass is 10.0. The van der Waals surface area contributed by atoms with E-state index in [1.165, 1.54) is 16.0 Å². The summed E-state index contributed by atoms with van der Waals surface area (Å²) in [6.07, 6.45) is 3.54. The predicted octanol–water partition coefficient (Wildman–Crippen LogP) is 5.72. The average Bonchev–Trinajstić information content (AvgIpc) is 3.45. The first-order valence-corrected chi connectivity index (χ1v) is 11.8. The molecule has 0 aliphatic heterocycles. The van der Waals surface area contributed by atoms with Crippen molar-refractivity contribution in [2.75, 3.05) is 19.4 Å². The van der Waals surface area contributed by atoms with E-state index in [1.54, 1.807) is 25.4 Å². The SMILES string of the molecule is CN(C)C(=O)Nc1ccc(CCn2cc(CCC(=O)O)c3cc(-c4ccsc4)ccc32)cc1. The third-order valence-electron chi connectivity index (χ3n) is 5.68. The van der Waals surface area contributed by atoms with Crippen molar-refractivity contribution in [2.45, 2.75) is 25.8 Å². The Morgan fingerprint density at radius 3 is 2.48 bits per heavy atom. The molecule has 6 nitrogen and oxygen atoms in total. The number of carbonyl (C=O) groups excluding carboxylic acids is 1. The monoisotopic (exact) mass is 461 g/mol. The van der Waals surface area contributed by atoms with Crippen LogP contribution in [-0.2, 0) is 24.2 Å². The quantitative estimate of drug-likeness (QED) is 0.352. The number of carboxylic acids is 1. The van der Waals surface area contributed by atoms with E-state index in [0.717, 1.165) is 40.7 Å². The number of nitrogens with zero attached hydrogens (tertiary/aromatic N) is 2. The van der Waals surface area contributed by atoms with Crippen LogP contribution in [0.4, 0.5) is 10.5 Å². The molecule has 0 spiro atoms. The zero-order chi connectivity index (χ0) is 23.4. The van der Waals surface area contributed by atoms with Gasteiger partial charge in [-0.25, -0.2) is 4.79 Å². The Hall–Kier alpha value is -3.58. The van der Waals surface area contributed by atoms with Crippen molar-refractivity contribution in [3.05, 3.63) is 76.6 Å². The fourth-order valence-corrected chi connectivity index (χ4v) is 4.51. The average molecular weight is 462 g/mol. The molecule has 170 valence electrons. The van der Waals surface area contributed by atoms with Gasteiger partial charge in [0.05, 0.1) is 0 Å². The molecule has 0 saturated carbocycles. The van der Waals surface area contributed by atoms with Gasteiger partial charge in [-0.05, 0) is 76.2 Å². The molecule has 4 rings (SSSR count).